The van der Waals surface area contributed by atoms with Crippen LogP contribution in [0.2, 0.25) is 0 Å². The van der Waals surface area contributed by atoms with E-state index in [1.807, 2.05) is 6.92 Å². The lowest BCUT2D eigenvalue weighted by atomic mass is 10.1. The molecule has 0 unspecified atom stereocenters. The zero-order chi connectivity index (χ0) is 14.7. The third-order valence-corrected chi connectivity index (χ3v) is 3.40. The third-order valence-electron chi connectivity index (χ3n) is 2.91. The van der Waals surface area contributed by atoms with Crippen molar-refractivity contribution >= 4 is 27.5 Å². The van der Waals surface area contributed by atoms with Crippen molar-refractivity contribution in [2.75, 3.05) is 5.32 Å². The van der Waals surface area contributed by atoms with Crippen LogP contribution in [0.4, 0.5) is 10.1 Å². The standard InChI is InChI=1S/C15H13BrFNO2/c1-9-2-3-10(8-19)6-14(9)18-15(20)12-7-11(16)4-5-13(12)17/h2-7,19H,8H2,1H3,(H,18,20). The molecule has 2 N–H and O–H groups in total. The van der Waals surface area contributed by atoms with Gasteiger partial charge in [0, 0.05) is 10.2 Å². The summed E-state index contributed by atoms with van der Waals surface area (Å²) in [6.07, 6.45) is 0. The van der Waals surface area contributed by atoms with E-state index in [4.69, 9.17) is 5.11 Å². The van der Waals surface area contributed by atoms with Gasteiger partial charge in [0.05, 0.1) is 12.2 Å². The monoisotopic (exact) mass is 337 g/mol. The van der Waals surface area contributed by atoms with E-state index >= 15 is 0 Å². The van der Waals surface area contributed by atoms with Gasteiger partial charge in [0.2, 0.25) is 0 Å². The van der Waals surface area contributed by atoms with Gasteiger partial charge in [-0.3, -0.25) is 4.79 Å². The number of benzene rings is 2. The molecule has 104 valence electrons. The van der Waals surface area contributed by atoms with E-state index in [0.717, 1.165) is 5.56 Å². The van der Waals surface area contributed by atoms with E-state index < -0.39 is 11.7 Å². The summed E-state index contributed by atoms with van der Waals surface area (Å²) in [5.41, 5.74) is 2.04. The molecule has 0 spiro atoms. The zero-order valence-electron chi connectivity index (χ0n) is 10.8. The third kappa shape index (κ3) is 3.23. The Morgan fingerprint density at radius 3 is 2.75 bits per heavy atom. The lowest BCUT2D eigenvalue weighted by molar-refractivity contribution is 0.102. The Kier molecular flexibility index (Phi) is 4.52. The molecule has 0 radical (unpaired) electrons. The van der Waals surface area contributed by atoms with E-state index in [2.05, 4.69) is 21.2 Å². The number of carbonyl (C=O) groups is 1. The number of amides is 1. The van der Waals surface area contributed by atoms with Crippen molar-refractivity contribution in [1.29, 1.82) is 0 Å². The quantitative estimate of drug-likeness (QED) is 0.898. The van der Waals surface area contributed by atoms with Crippen LogP contribution in [0, 0.1) is 12.7 Å². The summed E-state index contributed by atoms with van der Waals surface area (Å²) >= 11 is 3.21. The van der Waals surface area contributed by atoms with Gasteiger partial charge >= 0.3 is 0 Å². The first-order valence-corrected chi connectivity index (χ1v) is 6.77. The van der Waals surface area contributed by atoms with Crippen molar-refractivity contribution < 1.29 is 14.3 Å². The lowest BCUT2D eigenvalue weighted by Crippen LogP contribution is -2.14. The summed E-state index contributed by atoms with van der Waals surface area (Å²) in [5, 5.41) is 11.8. The van der Waals surface area contributed by atoms with Crippen LogP contribution in [0.15, 0.2) is 40.9 Å². The fourth-order valence-corrected chi connectivity index (χ4v) is 2.12. The van der Waals surface area contributed by atoms with Crippen molar-refractivity contribution in [3.05, 3.63) is 63.4 Å². The van der Waals surface area contributed by atoms with E-state index in [0.29, 0.717) is 15.7 Å². The van der Waals surface area contributed by atoms with Crippen molar-refractivity contribution in [3.8, 4) is 0 Å². The second-order valence-corrected chi connectivity index (χ2v) is 5.30. The molecule has 0 heterocycles. The highest BCUT2D eigenvalue weighted by atomic mass is 79.9. The lowest BCUT2D eigenvalue weighted by Gasteiger charge is -2.10. The molecule has 0 aliphatic carbocycles. The molecule has 0 aromatic heterocycles. The smallest absolute Gasteiger partial charge is 0.258 e. The van der Waals surface area contributed by atoms with Crippen LogP contribution < -0.4 is 5.32 Å². The van der Waals surface area contributed by atoms with Crippen LogP contribution in [0.5, 0.6) is 0 Å². The first kappa shape index (κ1) is 14.7. The Morgan fingerprint density at radius 2 is 2.05 bits per heavy atom. The number of rotatable bonds is 3. The minimum absolute atomic E-state index is 0.0341. The molecule has 5 heteroatoms. The van der Waals surface area contributed by atoms with Crippen LogP contribution in [0.3, 0.4) is 0 Å². The van der Waals surface area contributed by atoms with Gasteiger partial charge in [-0.1, -0.05) is 28.1 Å². The maximum atomic E-state index is 13.6. The van der Waals surface area contributed by atoms with Crippen LogP contribution in [-0.4, -0.2) is 11.0 Å². The zero-order valence-corrected chi connectivity index (χ0v) is 12.4. The molecule has 2 aromatic carbocycles. The maximum Gasteiger partial charge on any atom is 0.258 e. The summed E-state index contributed by atoms with van der Waals surface area (Å²) in [6, 6.07) is 9.42. The van der Waals surface area contributed by atoms with Gasteiger partial charge in [-0.25, -0.2) is 4.39 Å². The fraction of sp³-hybridized carbons (Fsp3) is 0.133. The van der Waals surface area contributed by atoms with Crippen LogP contribution in [0.25, 0.3) is 0 Å². The van der Waals surface area contributed by atoms with Crippen molar-refractivity contribution in [2.45, 2.75) is 13.5 Å². The number of nitrogens with one attached hydrogen (secondary N) is 1. The van der Waals surface area contributed by atoms with Gasteiger partial charge in [0.25, 0.3) is 5.91 Å². The summed E-state index contributed by atoms with van der Waals surface area (Å²) in [5.74, 6) is -1.11. The van der Waals surface area contributed by atoms with Gasteiger partial charge in [0.15, 0.2) is 0 Å². The number of anilines is 1. The number of hydrogen-bond donors (Lipinski definition) is 2. The number of carbonyl (C=O) groups excluding carboxylic acids is 1. The second kappa shape index (κ2) is 6.15. The normalized spacial score (nSPS) is 10.4. The molecule has 20 heavy (non-hydrogen) atoms. The molecule has 0 bridgehead atoms. The van der Waals surface area contributed by atoms with Crippen molar-refractivity contribution in [1.82, 2.24) is 0 Å². The highest BCUT2D eigenvalue weighted by Gasteiger charge is 2.13. The first-order valence-electron chi connectivity index (χ1n) is 5.98. The summed E-state index contributed by atoms with van der Waals surface area (Å²) in [4.78, 5) is 12.1. The molecule has 2 aromatic rings. The molecule has 1 amide bonds. The Balaban J connectivity index is 2.30. The molecule has 0 fully saturated rings. The average molecular weight is 338 g/mol. The maximum absolute atomic E-state index is 13.6. The van der Waals surface area contributed by atoms with E-state index in [9.17, 15) is 9.18 Å². The molecular formula is C15H13BrFNO2. The minimum Gasteiger partial charge on any atom is -0.392 e. The molecule has 0 atom stereocenters. The van der Waals surface area contributed by atoms with Crippen LogP contribution in [-0.2, 0) is 6.61 Å². The minimum atomic E-state index is -0.582. The molecule has 0 aliphatic rings. The Labute approximate surface area is 124 Å². The largest absolute Gasteiger partial charge is 0.392 e. The van der Waals surface area contributed by atoms with Gasteiger partial charge in [-0.15, -0.1) is 0 Å². The van der Waals surface area contributed by atoms with Gasteiger partial charge in [-0.2, -0.15) is 0 Å². The number of hydrogen-bond acceptors (Lipinski definition) is 2. The number of aliphatic hydroxyl groups is 1. The number of aliphatic hydroxyl groups excluding tert-OH is 1. The van der Waals surface area contributed by atoms with E-state index in [1.165, 1.54) is 18.2 Å². The van der Waals surface area contributed by atoms with Gasteiger partial charge in [-0.05, 0) is 42.3 Å². The first-order chi connectivity index (χ1) is 9.51. The predicted molar refractivity (Wildman–Crippen MR) is 79.2 cm³/mol. The highest BCUT2D eigenvalue weighted by Crippen LogP contribution is 2.20. The Bertz CT molecular complexity index is 658. The van der Waals surface area contributed by atoms with Crippen LogP contribution >= 0.6 is 15.9 Å². The summed E-state index contributed by atoms with van der Waals surface area (Å²) < 4.78 is 14.3. The van der Waals surface area contributed by atoms with Gasteiger partial charge < -0.3 is 10.4 Å². The summed E-state index contributed by atoms with van der Waals surface area (Å²) in [7, 11) is 0. The molecular weight excluding hydrogens is 325 g/mol. The molecule has 2 rings (SSSR count). The fourth-order valence-electron chi connectivity index (χ4n) is 1.76. The van der Waals surface area contributed by atoms with Crippen molar-refractivity contribution in [3.63, 3.8) is 0 Å². The highest BCUT2D eigenvalue weighted by molar-refractivity contribution is 9.10. The van der Waals surface area contributed by atoms with E-state index in [1.54, 1.807) is 18.2 Å². The van der Waals surface area contributed by atoms with E-state index in [-0.39, 0.29) is 12.2 Å². The Hall–Kier alpha value is -1.72. The molecule has 0 saturated carbocycles. The molecule has 3 nitrogen and oxygen atoms in total. The molecule has 0 aliphatic heterocycles. The van der Waals surface area contributed by atoms with Crippen molar-refractivity contribution in [2.24, 2.45) is 0 Å². The van der Waals surface area contributed by atoms with Crippen LogP contribution in [0.1, 0.15) is 21.5 Å². The summed E-state index contributed by atoms with van der Waals surface area (Å²) in [6.45, 7) is 1.71. The Morgan fingerprint density at radius 1 is 1.30 bits per heavy atom. The number of halogens is 2. The molecule has 0 saturated heterocycles. The SMILES string of the molecule is Cc1ccc(CO)cc1NC(=O)c1cc(Br)ccc1F. The second-order valence-electron chi connectivity index (χ2n) is 4.39. The average Bonchev–Trinajstić information content (AvgIpc) is 2.43. The predicted octanol–water partition coefficient (Wildman–Crippen LogP) is 3.64. The number of aryl methyl sites for hydroxylation is 1. The topological polar surface area (TPSA) is 49.3 Å². The van der Waals surface area contributed by atoms with Gasteiger partial charge in [0.1, 0.15) is 5.82 Å².